The molecule has 0 aromatic rings. The van der Waals surface area contributed by atoms with E-state index in [0.717, 1.165) is 0 Å². The van der Waals surface area contributed by atoms with Gasteiger partial charge in [-0.2, -0.15) is 0 Å². The van der Waals surface area contributed by atoms with Crippen LogP contribution in [0.3, 0.4) is 0 Å². The monoisotopic (exact) mass is 159 g/mol. The Morgan fingerprint density at radius 2 is 1.91 bits per heavy atom. The molecule has 4 nitrogen and oxygen atoms in total. The molecular weight excluding hydrogens is 142 g/mol. The SMILES string of the molecule is CC(C)N(C)C(C)C(=O)NN. The summed E-state index contributed by atoms with van der Waals surface area (Å²) in [6.45, 7) is 5.88. The number of nitrogens with zero attached hydrogens (tertiary/aromatic N) is 1. The number of hydrogen-bond acceptors (Lipinski definition) is 3. The lowest BCUT2D eigenvalue weighted by Gasteiger charge is -2.26. The van der Waals surface area contributed by atoms with Crippen LogP contribution in [0, 0.1) is 0 Å². The summed E-state index contributed by atoms with van der Waals surface area (Å²) in [4.78, 5) is 12.9. The van der Waals surface area contributed by atoms with Crippen LogP contribution in [0.1, 0.15) is 20.8 Å². The zero-order valence-electron chi connectivity index (χ0n) is 7.59. The number of nitrogens with two attached hydrogens (primary N) is 1. The molecule has 1 amide bonds. The van der Waals surface area contributed by atoms with Gasteiger partial charge in [-0.15, -0.1) is 0 Å². The van der Waals surface area contributed by atoms with Crippen molar-refractivity contribution in [1.29, 1.82) is 0 Å². The summed E-state index contributed by atoms with van der Waals surface area (Å²) in [5.41, 5.74) is 2.12. The number of nitrogens with one attached hydrogen (secondary N) is 1. The second kappa shape index (κ2) is 4.31. The van der Waals surface area contributed by atoms with Crippen LogP contribution in [0.25, 0.3) is 0 Å². The molecule has 1 atom stereocenters. The summed E-state index contributed by atoms with van der Waals surface area (Å²) in [5, 5.41) is 0. The van der Waals surface area contributed by atoms with Gasteiger partial charge in [-0.1, -0.05) is 0 Å². The van der Waals surface area contributed by atoms with Gasteiger partial charge in [0.1, 0.15) is 0 Å². The second-order valence-electron chi connectivity index (χ2n) is 2.94. The lowest BCUT2D eigenvalue weighted by Crippen LogP contribution is -2.48. The lowest BCUT2D eigenvalue weighted by atomic mass is 10.2. The van der Waals surface area contributed by atoms with Crippen LogP contribution in [-0.2, 0) is 4.79 Å². The van der Waals surface area contributed by atoms with Crippen molar-refractivity contribution in [3.05, 3.63) is 0 Å². The molecular formula is C7H17N3O. The highest BCUT2D eigenvalue weighted by Crippen LogP contribution is 2.00. The second-order valence-corrected chi connectivity index (χ2v) is 2.94. The molecule has 0 saturated carbocycles. The smallest absolute Gasteiger partial charge is 0.250 e. The number of hydrogen-bond donors (Lipinski definition) is 2. The highest BCUT2D eigenvalue weighted by atomic mass is 16.2. The predicted octanol–water partition coefficient (Wildman–Crippen LogP) is -0.295. The third kappa shape index (κ3) is 2.86. The summed E-state index contributed by atoms with van der Waals surface area (Å²) < 4.78 is 0. The first-order valence-corrected chi connectivity index (χ1v) is 3.73. The van der Waals surface area contributed by atoms with E-state index in [1.54, 1.807) is 0 Å². The van der Waals surface area contributed by atoms with Gasteiger partial charge in [-0.3, -0.25) is 15.1 Å². The molecule has 0 saturated heterocycles. The fourth-order valence-electron chi connectivity index (χ4n) is 0.753. The van der Waals surface area contributed by atoms with Gasteiger partial charge in [0.2, 0.25) is 0 Å². The Morgan fingerprint density at radius 1 is 1.45 bits per heavy atom. The zero-order chi connectivity index (χ0) is 9.02. The maximum atomic E-state index is 11.0. The van der Waals surface area contributed by atoms with Gasteiger partial charge < -0.3 is 0 Å². The number of likely N-dealkylation sites (N-methyl/N-ethyl adjacent to an activating group) is 1. The number of amides is 1. The van der Waals surface area contributed by atoms with E-state index < -0.39 is 0 Å². The first-order chi connectivity index (χ1) is 5.00. The molecule has 0 aliphatic rings. The molecule has 66 valence electrons. The van der Waals surface area contributed by atoms with Crippen molar-refractivity contribution in [3.63, 3.8) is 0 Å². The maximum Gasteiger partial charge on any atom is 0.250 e. The molecule has 11 heavy (non-hydrogen) atoms. The van der Waals surface area contributed by atoms with Gasteiger partial charge in [0, 0.05) is 6.04 Å². The van der Waals surface area contributed by atoms with E-state index in [-0.39, 0.29) is 11.9 Å². The molecule has 4 heteroatoms. The molecule has 0 rings (SSSR count). The van der Waals surface area contributed by atoms with E-state index in [4.69, 9.17) is 5.84 Å². The molecule has 0 heterocycles. The van der Waals surface area contributed by atoms with Crippen LogP contribution < -0.4 is 11.3 Å². The standard InChI is InChI=1S/C7H17N3O/c1-5(2)10(4)6(3)7(11)9-8/h5-6H,8H2,1-4H3,(H,9,11). The minimum Gasteiger partial charge on any atom is -0.293 e. The van der Waals surface area contributed by atoms with Crippen LogP contribution in [0.5, 0.6) is 0 Å². The summed E-state index contributed by atoms with van der Waals surface area (Å²) in [6.07, 6.45) is 0. The van der Waals surface area contributed by atoms with Gasteiger partial charge in [0.05, 0.1) is 6.04 Å². The normalized spacial score (nSPS) is 13.7. The minimum absolute atomic E-state index is 0.152. The molecule has 0 bridgehead atoms. The van der Waals surface area contributed by atoms with Crippen molar-refractivity contribution in [2.45, 2.75) is 32.9 Å². The van der Waals surface area contributed by atoms with E-state index in [2.05, 4.69) is 5.43 Å². The Kier molecular flexibility index (Phi) is 4.07. The molecule has 3 N–H and O–H groups in total. The summed E-state index contributed by atoms with van der Waals surface area (Å²) in [7, 11) is 1.89. The topological polar surface area (TPSA) is 58.4 Å². The predicted molar refractivity (Wildman–Crippen MR) is 44.7 cm³/mol. The number of carbonyl (C=O) groups excluding carboxylic acids is 1. The summed E-state index contributed by atoms with van der Waals surface area (Å²) >= 11 is 0. The first kappa shape index (κ1) is 10.4. The van der Waals surface area contributed by atoms with Crippen molar-refractivity contribution >= 4 is 5.91 Å². The van der Waals surface area contributed by atoms with Crippen molar-refractivity contribution in [1.82, 2.24) is 10.3 Å². The Balaban J connectivity index is 4.01. The molecule has 0 aliphatic carbocycles. The van der Waals surface area contributed by atoms with E-state index in [1.165, 1.54) is 0 Å². The van der Waals surface area contributed by atoms with Crippen LogP contribution in [0.15, 0.2) is 0 Å². The average molecular weight is 159 g/mol. The van der Waals surface area contributed by atoms with Crippen molar-refractivity contribution in [3.8, 4) is 0 Å². The molecule has 0 radical (unpaired) electrons. The van der Waals surface area contributed by atoms with Crippen LogP contribution in [0.4, 0.5) is 0 Å². The molecule has 0 aromatic heterocycles. The highest BCUT2D eigenvalue weighted by molar-refractivity contribution is 5.80. The lowest BCUT2D eigenvalue weighted by molar-refractivity contribution is -0.126. The zero-order valence-corrected chi connectivity index (χ0v) is 7.59. The Bertz CT molecular complexity index is 136. The van der Waals surface area contributed by atoms with Crippen LogP contribution in [0.2, 0.25) is 0 Å². The van der Waals surface area contributed by atoms with Crippen molar-refractivity contribution in [2.75, 3.05) is 7.05 Å². The Morgan fingerprint density at radius 3 is 2.18 bits per heavy atom. The van der Waals surface area contributed by atoms with E-state index >= 15 is 0 Å². The molecule has 0 spiro atoms. The number of hydrazine groups is 1. The van der Waals surface area contributed by atoms with Gasteiger partial charge in [-0.05, 0) is 27.8 Å². The fraction of sp³-hybridized carbons (Fsp3) is 0.857. The molecule has 0 fully saturated rings. The van der Waals surface area contributed by atoms with Gasteiger partial charge in [-0.25, -0.2) is 5.84 Å². The van der Waals surface area contributed by atoms with E-state index in [9.17, 15) is 4.79 Å². The molecule has 0 aromatic carbocycles. The summed E-state index contributed by atoms with van der Waals surface area (Å²) in [6, 6.07) is 0.183. The molecule has 1 unspecified atom stereocenters. The number of carbonyl (C=O) groups is 1. The van der Waals surface area contributed by atoms with Crippen LogP contribution in [-0.4, -0.2) is 29.9 Å². The maximum absolute atomic E-state index is 11.0. The van der Waals surface area contributed by atoms with E-state index in [1.807, 2.05) is 32.7 Å². The van der Waals surface area contributed by atoms with Gasteiger partial charge in [0.25, 0.3) is 5.91 Å². The average Bonchev–Trinajstić information content (AvgIpc) is 2.00. The van der Waals surface area contributed by atoms with Crippen molar-refractivity contribution < 1.29 is 4.79 Å². The third-order valence-corrected chi connectivity index (χ3v) is 1.95. The first-order valence-electron chi connectivity index (χ1n) is 3.73. The molecule has 0 aliphatic heterocycles. The minimum atomic E-state index is -0.167. The largest absolute Gasteiger partial charge is 0.293 e. The third-order valence-electron chi connectivity index (χ3n) is 1.95. The quantitative estimate of drug-likeness (QED) is 0.338. The van der Waals surface area contributed by atoms with E-state index in [0.29, 0.717) is 6.04 Å². The van der Waals surface area contributed by atoms with Gasteiger partial charge in [0.15, 0.2) is 0 Å². The fourth-order valence-corrected chi connectivity index (χ4v) is 0.753. The number of rotatable bonds is 3. The summed E-state index contributed by atoms with van der Waals surface area (Å²) in [5.74, 6) is 4.83. The van der Waals surface area contributed by atoms with Gasteiger partial charge >= 0.3 is 0 Å². The Hall–Kier alpha value is -0.610. The van der Waals surface area contributed by atoms with Crippen molar-refractivity contribution in [2.24, 2.45) is 5.84 Å². The Labute approximate surface area is 67.7 Å². The highest BCUT2D eigenvalue weighted by Gasteiger charge is 2.18. The van der Waals surface area contributed by atoms with Crippen LogP contribution >= 0.6 is 0 Å².